The molecule has 4 heteroatoms. The van der Waals surface area contributed by atoms with Crippen molar-refractivity contribution in [3.05, 3.63) is 54.1 Å². The first kappa shape index (κ1) is 18.4. The van der Waals surface area contributed by atoms with E-state index in [1.807, 2.05) is 38.1 Å². The summed E-state index contributed by atoms with van der Waals surface area (Å²) in [6, 6.07) is 10.1. The molecule has 0 radical (unpaired) electrons. The zero-order valence-corrected chi connectivity index (χ0v) is 14.6. The summed E-state index contributed by atoms with van der Waals surface area (Å²) in [6.07, 6.45) is 8.80. The molecule has 0 aliphatic carbocycles. The maximum absolute atomic E-state index is 11.4. The fourth-order valence-electron chi connectivity index (χ4n) is 2.70. The van der Waals surface area contributed by atoms with Crippen molar-refractivity contribution in [2.45, 2.75) is 51.6 Å². The topological polar surface area (TPSA) is 44.8 Å². The maximum atomic E-state index is 11.4. The highest BCUT2D eigenvalue weighted by atomic mass is 16.7. The van der Waals surface area contributed by atoms with Crippen molar-refractivity contribution in [2.75, 3.05) is 6.61 Å². The highest BCUT2D eigenvalue weighted by molar-refractivity contribution is 5.81. The van der Waals surface area contributed by atoms with Gasteiger partial charge in [-0.3, -0.25) is 0 Å². The monoisotopic (exact) mass is 330 g/mol. The molecule has 2 atom stereocenters. The minimum absolute atomic E-state index is 0.00449. The van der Waals surface area contributed by atoms with E-state index >= 15 is 0 Å². The van der Waals surface area contributed by atoms with Crippen LogP contribution in [0.1, 0.15) is 39.2 Å². The van der Waals surface area contributed by atoms with Crippen LogP contribution in [-0.2, 0) is 19.0 Å². The number of hydrogen-bond donors (Lipinski definition) is 0. The lowest BCUT2D eigenvalue weighted by atomic mass is 10.0. The lowest BCUT2D eigenvalue weighted by molar-refractivity contribution is -0.289. The van der Waals surface area contributed by atoms with Crippen LogP contribution >= 0.6 is 0 Å². The van der Waals surface area contributed by atoms with Crippen LogP contribution in [-0.4, -0.2) is 30.6 Å². The second-order valence-corrected chi connectivity index (χ2v) is 6.19. The summed E-state index contributed by atoms with van der Waals surface area (Å²) in [6.45, 7) is 6.00. The van der Waals surface area contributed by atoms with Gasteiger partial charge in [0.25, 0.3) is 0 Å². The lowest BCUT2D eigenvalue weighted by Crippen LogP contribution is -2.43. The Labute approximate surface area is 144 Å². The van der Waals surface area contributed by atoms with Crippen LogP contribution < -0.4 is 0 Å². The molecule has 1 aliphatic rings. The van der Waals surface area contributed by atoms with Gasteiger partial charge in [-0.25, -0.2) is 4.79 Å². The van der Waals surface area contributed by atoms with Crippen molar-refractivity contribution in [3.63, 3.8) is 0 Å². The fourth-order valence-corrected chi connectivity index (χ4v) is 2.70. The predicted molar refractivity (Wildman–Crippen MR) is 94.3 cm³/mol. The molecular weight excluding hydrogens is 304 g/mol. The van der Waals surface area contributed by atoms with Gasteiger partial charge in [-0.2, -0.15) is 0 Å². The summed E-state index contributed by atoms with van der Waals surface area (Å²) in [5.41, 5.74) is 1.14. The summed E-state index contributed by atoms with van der Waals surface area (Å²) < 4.78 is 16.8. The average molecular weight is 330 g/mol. The van der Waals surface area contributed by atoms with Gasteiger partial charge in [0.1, 0.15) is 0 Å². The molecule has 1 saturated heterocycles. The van der Waals surface area contributed by atoms with E-state index in [4.69, 9.17) is 14.2 Å². The molecule has 0 saturated carbocycles. The largest absolute Gasteiger partial charge is 0.463 e. The SMILES string of the molecule is CCOC(=O)/C=C\C[C@H]1C[C@@H](/C=C/c2ccccc2)OC(C)(C)O1. The van der Waals surface area contributed by atoms with Crippen LogP contribution in [0.5, 0.6) is 0 Å². The Balaban J connectivity index is 1.94. The number of carbonyl (C=O) groups excluding carboxylic acids is 1. The molecule has 2 rings (SSSR count). The molecule has 1 aromatic carbocycles. The third-order valence-corrected chi connectivity index (χ3v) is 3.62. The summed E-state index contributed by atoms with van der Waals surface area (Å²) in [4.78, 5) is 11.4. The van der Waals surface area contributed by atoms with Crippen LogP contribution in [0.2, 0.25) is 0 Å². The molecule has 24 heavy (non-hydrogen) atoms. The van der Waals surface area contributed by atoms with E-state index in [0.717, 1.165) is 12.0 Å². The zero-order valence-electron chi connectivity index (χ0n) is 14.6. The first-order valence-corrected chi connectivity index (χ1v) is 8.40. The number of esters is 1. The van der Waals surface area contributed by atoms with Crippen molar-refractivity contribution in [1.82, 2.24) is 0 Å². The van der Waals surface area contributed by atoms with Crippen molar-refractivity contribution in [2.24, 2.45) is 0 Å². The molecule has 4 nitrogen and oxygen atoms in total. The maximum Gasteiger partial charge on any atom is 0.330 e. The van der Waals surface area contributed by atoms with E-state index < -0.39 is 5.79 Å². The first-order chi connectivity index (χ1) is 11.5. The van der Waals surface area contributed by atoms with Gasteiger partial charge in [-0.1, -0.05) is 48.6 Å². The highest BCUT2D eigenvalue weighted by Crippen LogP contribution is 2.29. The fraction of sp³-hybridized carbons (Fsp3) is 0.450. The summed E-state index contributed by atoms with van der Waals surface area (Å²) >= 11 is 0. The molecule has 130 valence electrons. The molecule has 0 unspecified atom stereocenters. The van der Waals surface area contributed by atoms with Crippen LogP contribution in [0.15, 0.2) is 48.6 Å². The number of hydrogen-bond acceptors (Lipinski definition) is 4. The number of carbonyl (C=O) groups is 1. The Hall–Kier alpha value is -1.91. The van der Waals surface area contributed by atoms with Crippen LogP contribution in [0, 0.1) is 0 Å². The summed E-state index contributed by atoms with van der Waals surface area (Å²) in [5, 5.41) is 0. The minimum Gasteiger partial charge on any atom is -0.463 e. The van der Waals surface area contributed by atoms with Crippen molar-refractivity contribution in [3.8, 4) is 0 Å². The molecule has 0 amide bonds. The van der Waals surface area contributed by atoms with Crippen LogP contribution in [0.3, 0.4) is 0 Å². The third kappa shape index (κ3) is 6.30. The normalized spacial score (nSPS) is 23.6. The molecule has 0 aromatic heterocycles. The Morgan fingerprint density at radius 1 is 1.29 bits per heavy atom. The van der Waals surface area contributed by atoms with E-state index in [-0.39, 0.29) is 18.2 Å². The molecule has 1 aliphatic heterocycles. The lowest BCUT2D eigenvalue weighted by Gasteiger charge is -2.39. The Kier molecular flexibility index (Phi) is 6.76. The second kappa shape index (κ2) is 8.81. The van der Waals surface area contributed by atoms with Gasteiger partial charge < -0.3 is 14.2 Å². The standard InChI is InChI=1S/C20H26O4/c1-4-22-19(21)12-8-11-17-15-18(24-20(2,3)23-17)14-13-16-9-6-5-7-10-16/h5-10,12-14,17-18H,4,11,15H2,1-3H3/b12-8-,14-13+/t17-,18+/m0/s1. The summed E-state index contributed by atoms with van der Waals surface area (Å²) in [7, 11) is 0. The Morgan fingerprint density at radius 2 is 2.04 bits per heavy atom. The molecule has 0 spiro atoms. The third-order valence-electron chi connectivity index (χ3n) is 3.62. The summed E-state index contributed by atoms with van der Waals surface area (Å²) in [5.74, 6) is -0.962. The van der Waals surface area contributed by atoms with Gasteiger partial charge in [0.2, 0.25) is 0 Å². The second-order valence-electron chi connectivity index (χ2n) is 6.19. The molecule has 0 bridgehead atoms. The molecule has 0 N–H and O–H groups in total. The van der Waals surface area contributed by atoms with E-state index in [1.165, 1.54) is 6.08 Å². The molecule has 1 fully saturated rings. The minimum atomic E-state index is -0.646. The predicted octanol–water partition coefficient (Wildman–Crippen LogP) is 4.12. The van der Waals surface area contributed by atoms with Gasteiger partial charge in [0.05, 0.1) is 18.8 Å². The highest BCUT2D eigenvalue weighted by Gasteiger charge is 2.33. The van der Waals surface area contributed by atoms with E-state index in [1.54, 1.807) is 6.92 Å². The molecular formula is C20H26O4. The molecule has 1 heterocycles. The Bertz CT molecular complexity index is 575. The molecule has 1 aromatic rings. The van der Waals surface area contributed by atoms with Gasteiger partial charge in [0.15, 0.2) is 5.79 Å². The van der Waals surface area contributed by atoms with Gasteiger partial charge >= 0.3 is 5.97 Å². The number of ether oxygens (including phenoxy) is 3. The van der Waals surface area contributed by atoms with Crippen LogP contribution in [0.25, 0.3) is 6.08 Å². The van der Waals surface area contributed by atoms with Gasteiger partial charge in [-0.15, -0.1) is 0 Å². The smallest absolute Gasteiger partial charge is 0.330 e. The average Bonchev–Trinajstić information content (AvgIpc) is 2.53. The quantitative estimate of drug-likeness (QED) is 0.581. The first-order valence-electron chi connectivity index (χ1n) is 8.40. The van der Waals surface area contributed by atoms with Crippen molar-refractivity contribution in [1.29, 1.82) is 0 Å². The van der Waals surface area contributed by atoms with Crippen LogP contribution in [0.4, 0.5) is 0 Å². The van der Waals surface area contributed by atoms with E-state index in [9.17, 15) is 4.79 Å². The van der Waals surface area contributed by atoms with Crippen molar-refractivity contribution >= 4 is 12.0 Å². The van der Waals surface area contributed by atoms with E-state index in [2.05, 4.69) is 24.3 Å². The van der Waals surface area contributed by atoms with Crippen molar-refractivity contribution < 1.29 is 19.0 Å². The van der Waals surface area contributed by atoms with E-state index in [0.29, 0.717) is 13.0 Å². The number of benzene rings is 1. The van der Waals surface area contributed by atoms with Gasteiger partial charge in [-0.05, 0) is 32.8 Å². The zero-order chi connectivity index (χ0) is 17.4. The number of rotatable bonds is 6. The Morgan fingerprint density at radius 3 is 2.75 bits per heavy atom. The van der Waals surface area contributed by atoms with Gasteiger partial charge in [0, 0.05) is 12.5 Å².